The molecule has 0 aliphatic heterocycles. The maximum Gasteiger partial charge on any atom is 0.457 e. The summed E-state index contributed by atoms with van der Waals surface area (Å²) in [6.07, 6.45) is -0.946. The second kappa shape index (κ2) is 15.0. The summed E-state index contributed by atoms with van der Waals surface area (Å²) >= 11 is 6.75. The van der Waals surface area contributed by atoms with Crippen LogP contribution in [0.25, 0.3) is 0 Å². The van der Waals surface area contributed by atoms with E-state index in [1.807, 2.05) is 11.4 Å². The van der Waals surface area contributed by atoms with Crippen LogP contribution in [-0.2, 0) is 23.4 Å². The Kier molecular flexibility index (Phi) is 14.3. The van der Waals surface area contributed by atoms with E-state index in [0.717, 1.165) is 44.9 Å². The van der Waals surface area contributed by atoms with E-state index in [-0.39, 0.29) is 41.9 Å². The molecule has 4 unspecified atom stereocenters. The molecule has 223 valence electrons. The summed E-state index contributed by atoms with van der Waals surface area (Å²) in [5.41, 5.74) is -0.923. The first-order valence-corrected chi connectivity index (χ1v) is 14.7. The van der Waals surface area contributed by atoms with Gasteiger partial charge in [-0.15, -0.1) is 0 Å². The number of carbonyl (C=O) groups is 1. The summed E-state index contributed by atoms with van der Waals surface area (Å²) in [7, 11) is 0. The van der Waals surface area contributed by atoms with Gasteiger partial charge in [0.2, 0.25) is 0 Å². The van der Waals surface area contributed by atoms with Crippen LogP contribution in [0, 0.1) is 57.2 Å². The van der Waals surface area contributed by atoms with Gasteiger partial charge in [0.25, 0.3) is 0 Å². The summed E-state index contributed by atoms with van der Waals surface area (Å²) in [6, 6.07) is 0. The number of hydrogen-bond donors (Lipinski definition) is 1. The Bertz CT molecular complexity index is 901. The van der Waals surface area contributed by atoms with Gasteiger partial charge in [-0.2, -0.15) is 33.3 Å². The molecule has 0 aromatic carbocycles. The third-order valence-corrected chi connectivity index (χ3v) is 9.32. The number of rotatable bonds is 1. The molecule has 0 heterocycles. The first kappa shape index (κ1) is 37.1. The van der Waals surface area contributed by atoms with E-state index in [0.29, 0.717) is 47.8 Å². The summed E-state index contributed by atoms with van der Waals surface area (Å²) < 4.78 is 72.1. The van der Waals surface area contributed by atoms with Crippen molar-refractivity contribution in [1.29, 1.82) is 0 Å². The van der Waals surface area contributed by atoms with Gasteiger partial charge in [0.15, 0.2) is 0 Å². The van der Waals surface area contributed by atoms with Gasteiger partial charge in [-0.25, -0.2) is 0 Å². The zero-order valence-corrected chi connectivity index (χ0v) is 26.7. The van der Waals surface area contributed by atoms with Crippen molar-refractivity contribution in [2.75, 3.05) is 0 Å². The van der Waals surface area contributed by atoms with E-state index >= 15 is 0 Å². The van der Waals surface area contributed by atoms with Crippen LogP contribution in [0.2, 0.25) is 0 Å². The predicted octanol–water partition coefficient (Wildman–Crippen LogP) is 9.04. The van der Waals surface area contributed by atoms with Gasteiger partial charge in [0, 0.05) is 42.0 Å². The van der Waals surface area contributed by atoms with Crippen LogP contribution in [0.5, 0.6) is 0 Å². The van der Waals surface area contributed by atoms with Crippen LogP contribution in [-0.4, -0.2) is 28.8 Å². The summed E-state index contributed by atoms with van der Waals surface area (Å²) in [4.78, 5) is 12.2. The molecule has 8 atom stereocenters. The van der Waals surface area contributed by atoms with Gasteiger partial charge in [0.05, 0.1) is 0 Å². The summed E-state index contributed by atoms with van der Waals surface area (Å²) in [5, 5.41) is 10.6. The average molecular weight is 733 g/mol. The third kappa shape index (κ3) is 10.1. The topological polar surface area (TPSA) is 37.3 Å². The average Bonchev–Trinajstić information content (AvgIpc) is 3.15. The van der Waals surface area contributed by atoms with Gasteiger partial charge < -0.3 is 27.7 Å². The summed E-state index contributed by atoms with van der Waals surface area (Å²) in [5.74, 6) is 6.59. The SMILES string of the molecule is CC(=O)[C@H]1CCC2C3CCC4C[C@@](O)(C#CC(F)(F)F)CC[C@@H]4C3CC[C@@]21C.C[CH-]I.FC(F)(F)C=CCl.[V]. The first-order valence-electron chi connectivity index (χ1n) is 13.1. The zero-order chi connectivity index (χ0) is 28.9. The smallest absolute Gasteiger partial charge is 0.378 e. The standard InChI is InChI=1S/C23H31F3O2.C3H2ClF3.C2H4I.V/c1-14(27)19-5-6-20-18-4-3-15-13-22(28,11-12-23(24,25)26)10-8-16(15)17(18)7-9-21(19,20)2;4-2-1-3(5,6)7;1-2-3;/h15-20,28H,3-10,13H2,1-2H3;1-2H;2H,1H3;/q;;-1;/t15?,16-,17?,18?,19+,20?,21+,22-;;;/m0.../s1. The molecular weight excluding hydrogens is 696 g/mol. The Hall–Kier alpha value is 0.114. The van der Waals surface area contributed by atoms with E-state index in [9.17, 15) is 36.2 Å². The number of carbonyl (C=O) groups excluding carboxylic acids is 1. The van der Waals surface area contributed by atoms with E-state index in [1.165, 1.54) is 5.92 Å². The number of Topliss-reactive ketones (excluding diaryl/α,β-unsaturated/α-hetero) is 1. The molecular formula is C28H37ClF6IO2V-. The van der Waals surface area contributed by atoms with Crippen LogP contribution in [0.15, 0.2) is 11.6 Å². The number of aliphatic hydroxyl groups is 1. The van der Waals surface area contributed by atoms with Crippen molar-refractivity contribution in [3.63, 3.8) is 0 Å². The molecule has 1 N–H and O–H groups in total. The van der Waals surface area contributed by atoms with Gasteiger partial charge in [-0.3, -0.25) is 9.22 Å². The van der Waals surface area contributed by atoms with E-state index in [2.05, 4.69) is 47.0 Å². The molecule has 4 fully saturated rings. The number of ketones is 1. The van der Waals surface area contributed by atoms with Crippen molar-refractivity contribution in [1.82, 2.24) is 0 Å². The van der Waals surface area contributed by atoms with Gasteiger partial charge in [-0.1, -0.05) is 24.4 Å². The minimum atomic E-state index is -4.55. The van der Waals surface area contributed by atoms with Crippen LogP contribution < -0.4 is 0 Å². The molecule has 4 aliphatic carbocycles. The maximum atomic E-state index is 12.5. The van der Waals surface area contributed by atoms with Crippen LogP contribution in [0.4, 0.5) is 26.3 Å². The van der Waals surface area contributed by atoms with Gasteiger partial charge >= 0.3 is 12.4 Å². The van der Waals surface area contributed by atoms with Crippen molar-refractivity contribution < 1.29 is 54.8 Å². The Morgan fingerprint density at radius 2 is 1.62 bits per heavy atom. The maximum absolute atomic E-state index is 12.5. The Morgan fingerprint density at radius 3 is 2.10 bits per heavy atom. The Labute approximate surface area is 258 Å². The van der Waals surface area contributed by atoms with Crippen molar-refractivity contribution in [3.8, 4) is 11.8 Å². The van der Waals surface area contributed by atoms with Crippen molar-refractivity contribution in [2.24, 2.45) is 40.9 Å². The van der Waals surface area contributed by atoms with Crippen molar-refractivity contribution in [3.05, 3.63) is 16.0 Å². The molecule has 0 bridgehead atoms. The van der Waals surface area contributed by atoms with Crippen molar-refractivity contribution >= 4 is 40.0 Å². The fourth-order valence-corrected chi connectivity index (χ4v) is 8.06. The fraction of sp³-hybridized carbons (Fsp3) is 0.786. The largest absolute Gasteiger partial charge is 0.457 e. The second-order valence-electron chi connectivity index (χ2n) is 11.3. The number of allylic oxidation sites excluding steroid dienone is 1. The predicted molar refractivity (Wildman–Crippen MR) is 145 cm³/mol. The molecule has 4 rings (SSSR count). The van der Waals surface area contributed by atoms with Gasteiger partial charge in [-0.05, 0) is 99.7 Å². The molecule has 11 heteroatoms. The summed E-state index contributed by atoms with van der Waals surface area (Å²) in [6.45, 7) is 6.05. The molecule has 4 saturated carbocycles. The minimum Gasteiger partial charge on any atom is -0.378 e. The molecule has 0 spiro atoms. The van der Waals surface area contributed by atoms with Crippen LogP contribution in [0.1, 0.15) is 78.6 Å². The molecule has 4 aliphatic rings. The minimum absolute atomic E-state index is 0. The van der Waals surface area contributed by atoms with Crippen molar-refractivity contribution in [2.45, 2.75) is 96.5 Å². The molecule has 2 nitrogen and oxygen atoms in total. The molecule has 0 saturated heterocycles. The number of halogens is 8. The Morgan fingerprint density at radius 1 is 1.03 bits per heavy atom. The molecule has 0 aromatic heterocycles. The number of alkyl halides is 6. The Balaban J connectivity index is 0.000000597. The van der Waals surface area contributed by atoms with Crippen LogP contribution in [0.3, 0.4) is 0 Å². The molecule has 0 aromatic rings. The van der Waals surface area contributed by atoms with Crippen LogP contribution >= 0.6 is 34.2 Å². The van der Waals surface area contributed by atoms with Gasteiger partial charge in [0.1, 0.15) is 11.4 Å². The molecule has 39 heavy (non-hydrogen) atoms. The molecule has 0 amide bonds. The first-order chi connectivity index (χ1) is 17.5. The van der Waals surface area contributed by atoms with E-state index < -0.39 is 18.0 Å². The van der Waals surface area contributed by atoms with E-state index in [1.54, 1.807) is 6.92 Å². The number of fused-ring (bicyclic) bond motifs is 5. The third-order valence-electron chi connectivity index (χ3n) is 9.19. The second-order valence-corrected chi connectivity index (χ2v) is 12.8. The number of hydrogen-bond acceptors (Lipinski definition) is 2. The molecule has 1 radical (unpaired) electrons. The fourth-order valence-electron chi connectivity index (χ4n) is 7.92. The normalized spacial score (nSPS) is 37.2. The monoisotopic (exact) mass is 732 g/mol. The van der Waals surface area contributed by atoms with E-state index in [4.69, 9.17) is 0 Å². The zero-order valence-electron chi connectivity index (χ0n) is 22.4. The quantitative estimate of drug-likeness (QED) is 0.127.